The molecule has 0 saturated heterocycles. The Morgan fingerprint density at radius 3 is 2.14 bits per heavy atom. The van der Waals surface area contributed by atoms with Gasteiger partial charge in [0, 0.05) is 23.1 Å². The second-order valence-corrected chi connectivity index (χ2v) is 8.01. The molecule has 0 aliphatic heterocycles. The summed E-state index contributed by atoms with van der Waals surface area (Å²) >= 11 is 5.47. The predicted octanol–water partition coefficient (Wildman–Crippen LogP) is 5.79. The summed E-state index contributed by atoms with van der Waals surface area (Å²) in [6.07, 6.45) is 4.29. The number of hydrogen-bond donors (Lipinski definition) is 0. The van der Waals surface area contributed by atoms with Crippen molar-refractivity contribution in [3.63, 3.8) is 0 Å². The van der Waals surface area contributed by atoms with Crippen LogP contribution in [0.3, 0.4) is 0 Å². The van der Waals surface area contributed by atoms with Gasteiger partial charge in [-0.15, -0.1) is 34.0 Å². The molecule has 0 unspecified atom stereocenters. The van der Waals surface area contributed by atoms with E-state index in [4.69, 9.17) is 0 Å². The molecule has 0 aromatic carbocycles. The van der Waals surface area contributed by atoms with Gasteiger partial charge in [-0.1, -0.05) is 12.1 Å². The molecule has 0 saturated carbocycles. The fourth-order valence-corrected chi connectivity index (χ4v) is 5.20. The van der Waals surface area contributed by atoms with Gasteiger partial charge in [-0.2, -0.15) is 4.57 Å². The Morgan fingerprint density at radius 1 is 0.818 bits per heavy atom. The number of rotatable bonds is 3. The minimum absolute atomic E-state index is 1.26. The molecule has 108 valence electrons. The van der Waals surface area contributed by atoms with Gasteiger partial charge in [0.1, 0.15) is 4.88 Å². The Labute approximate surface area is 141 Å². The van der Waals surface area contributed by atoms with Crippen molar-refractivity contribution in [1.82, 2.24) is 0 Å². The van der Waals surface area contributed by atoms with Crippen molar-refractivity contribution in [2.75, 3.05) is 0 Å². The van der Waals surface area contributed by atoms with Crippen molar-refractivity contribution in [2.24, 2.45) is 0 Å². The van der Waals surface area contributed by atoms with E-state index in [1.807, 2.05) is 11.3 Å². The number of thiophene rings is 3. The molecule has 4 heterocycles. The van der Waals surface area contributed by atoms with Gasteiger partial charge in [0.25, 0.3) is 0 Å². The Morgan fingerprint density at radius 2 is 1.50 bits per heavy atom. The molecular weight excluding hydrogens is 326 g/mol. The van der Waals surface area contributed by atoms with Crippen molar-refractivity contribution >= 4 is 34.0 Å². The standard InChI is InChI=1S/C18H14NS3/c1-13-6-8-19(9-7-13)14-12-17(15-4-2-10-20-15)22-18(14)16-5-3-11-21-16/h2-12H,1H3/q+1. The van der Waals surface area contributed by atoms with Crippen LogP contribution in [0.15, 0.2) is 65.6 Å². The quantitative estimate of drug-likeness (QED) is 0.416. The van der Waals surface area contributed by atoms with E-state index in [0.29, 0.717) is 0 Å². The van der Waals surface area contributed by atoms with Crippen LogP contribution in [-0.2, 0) is 0 Å². The molecule has 0 spiro atoms. The molecule has 22 heavy (non-hydrogen) atoms. The van der Waals surface area contributed by atoms with E-state index in [0.717, 1.165) is 0 Å². The molecule has 1 nitrogen and oxygen atoms in total. The Kier molecular flexibility index (Phi) is 3.66. The summed E-state index contributed by atoms with van der Waals surface area (Å²) in [5.41, 5.74) is 2.54. The van der Waals surface area contributed by atoms with E-state index in [9.17, 15) is 0 Å². The summed E-state index contributed by atoms with van der Waals surface area (Å²) in [7, 11) is 0. The molecule has 0 fully saturated rings. The zero-order chi connectivity index (χ0) is 14.9. The van der Waals surface area contributed by atoms with E-state index in [1.165, 1.54) is 30.8 Å². The molecule has 0 N–H and O–H groups in total. The maximum absolute atomic E-state index is 2.31. The predicted molar refractivity (Wildman–Crippen MR) is 97.2 cm³/mol. The van der Waals surface area contributed by atoms with Gasteiger partial charge in [0.05, 0.1) is 9.75 Å². The highest BCUT2D eigenvalue weighted by Crippen LogP contribution is 2.41. The van der Waals surface area contributed by atoms with Crippen LogP contribution in [0.5, 0.6) is 0 Å². The highest BCUT2D eigenvalue weighted by atomic mass is 32.1. The molecule has 0 amide bonds. The molecule has 4 heteroatoms. The maximum atomic E-state index is 2.31. The van der Waals surface area contributed by atoms with Gasteiger partial charge in [0.15, 0.2) is 12.4 Å². The number of aromatic nitrogens is 1. The van der Waals surface area contributed by atoms with E-state index in [2.05, 4.69) is 77.1 Å². The monoisotopic (exact) mass is 340 g/mol. The second kappa shape index (κ2) is 5.80. The van der Waals surface area contributed by atoms with Crippen LogP contribution in [0.4, 0.5) is 0 Å². The highest BCUT2D eigenvalue weighted by Gasteiger charge is 2.20. The first kappa shape index (κ1) is 13.9. The third kappa shape index (κ3) is 2.54. The fourth-order valence-electron chi connectivity index (χ4n) is 2.36. The smallest absolute Gasteiger partial charge is 0.166 e. The van der Waals surface area contributed by atoms with Crippen LogP contribution in [-0.4, -0.2) is 0 Å². The number of pyridine rings is 1. The van der Waals surface area contributed by atoms with Crippen molar-refractivity contribution in [1.29, 1.82) is 0 Å². The van der Waals surface area contributed by atoms with E-state index in [-0.39, 0.29) is 0 Å². The normalized spacial score (nSPS) is 11.0. The number of hydrogen-bond acceptors (Lipinski definition) is 3. The van der Waals surface area contributed by atoms with Gasteiger partial charge in [-0.05, 0) is 35.4 Å². The summed E-state index contributed by atoms with van der Waals surface area (Å²) in [4.78, 5) is 5.34. The third-order valence-corrected chi connectivity index (χ3v) is 6.74. The van der Waals surface area contributed by atoms with E-state index >= 15 is 0 Å². The fraction of sp³-hybridized carbons (Fsp3) is 0.0556. The van der Waals surface area contributed by atoms with Crippen molar-refractivity contribution in [3.05, 3.63) is 71.2 Å². The largest absolute Gasteiger partial charge is 0.230 e. The van der Waals surface area contributed by atoms with Gasteiger partial charge in [0.2, 0.25) is 5.69 Å². The number of nitrogens with zero attached hydrogens (tertiary/aromatic N) is 1. The maximum Gasteiger partial charge on any atom is 0.230 e. The summed E-state index contributed by atoms with van der Waals surface area (Å²) in [5, 5.41) is 4.28. The molecule has 4 aromatic rings. The lowest BCUT2D eigenvalue weighted by Crippen LogP contribution is -2.29. The van der Waals surface area contributed by atoms with E-state index in [1.54, 1.807) is 22.7 Å². The molecule has 0 bridgehead atoms. The van der Waals surface area contributed by atoms with E-state index < -0.39 is 0 Å². The Hall–Kier alpha value is -1.75. The topological polar surface area (TPSA) is 3.88 Å². The van der Waals surface area contributed by atoms with Crippen molar-refractivity contribution in [2.45, 2.75) is 6.92 Å². The summed E-state index contributed by atoms with van der Waals surface area (Å²) in [6, 6.07) is 15.2. The molecule has 4 rings (SSSR count). The van der Waals surface area contributed by atoms with Crippen molar-refractivity contribution < 1.29 is 4.57 Å². The van der Waals surface area contributed by atoms with Crippen LogP contribution in [0.25, 0.3) is 25.2 Å². The highest BCUT2D eigenvalue weighted by molar-refractivity contribution is 7.26. The molecule has 4 aromatic heterocycles. The summed E-state index contributed by atoms with van der Waals surface area (Å²) in [5.74, 6) is 0. The Balaban J connectivity index is 1.90. The molecule has 0 aliphatic carbocycles. The van der Waals surface area contributed by atoms with Crippen molar-refractivity contribution in [3.8, 4) is 25.2 Å². The van der Waals surface area contributed by atoms with Gasteiger partial charge in [-0.3, -0.25) is 0 Å². The molecule has 0 radical (unpaired) electrons. The number of aryl methyl sites for hydroxylation is 1. The lowest BCUT2D eigenvalue weighted by Gasteiger charge is -1.96. The molecule has 0 atom stereocenters. The molecule has 0 aliphatic rings. The first-order chi connectivity index (χ1) is 10.8. The first-order valence-corrected chi connectivity index (χ1v) is 9.59. The minimum atomic E-state index is 1.26. The molecular formula is C18H14NS3+. The average Bonchev–Trinajstić information content (AvgIpc) is 3.27. The van der Waals surface area contributed by atoms with Gasteiger partial charge in [-0.25, -0.2) is 0 Å². The van der Waals surface area contributed by atoms with Crippen LogP contribution in [0, 0.1) is 6.92 Å². The lowest BCUT2D eigenvalue weighted by atomic mass is 10.2. The van der Waals surface area contributed by atoms with Crippen LogP contribution < -0.4 is 4.57 Å². The van der Waals surface area contributed by atoms with Crippen LogP contribution in [0.2, 0.25) is 0 Å². The van der Waals surface area contributed by atoms with Gasteiger partial charge < -0.3 is 0 Å². The van der Waals surface area contributed by atoms with Crippen LogP contribution >= 0.6 is 34.0 Å². The zero-order valence-corrected chi connectivity index (χ0v) is 14.5. The minimum Gasteiger partial charge on any atom is -0.166 e. The zero-order valence-electron chi connectivity index (χ0n) is 12.0. The third-order valence-electron chi connectivity index (χ3n) is 3.50. The summed E-state index contributed by atoms with van der Waals surface area (Å²) < 4.78 is 2.22. The average molecular weight is 341 g/mol. The first-order valence-electron chi connectivity index (χ1n) is 7.01. The Bertz CT molecular complexity index is 869. The van der Waals surface area contributed by atoms with Gasteiger partial charge >= 0.3 is 0 Å². The SMILES string of the molecule is Cc1cc[n+](-c2cc(-c3cccs3)sc2-c2cccs2)cc1. The second-order valence-electron chi connectivity index (χ2n) is 5.06. The lowest BCUT2D eigenvalue weighted by molar-refractivity contribution is -0.594. The van der Waals surface area contributed by atoms with Crippen LogP contribution in [0.1, 0.15) is 5.56 Å². The summed E-state index contributed by atoms with van der Waals surface area (Å²) in [6.45, 7) is 2.12.